The van der Waals surface area contributed by atoms with Gasteiger partial charge in [0.15, 0.2) is 0 Å². The molecule has 1 nitrogen and oxygen atoms in total. The van der Waals surface area contributed by atoms with Gasteiger partial charge in [0.1, 0.15) is 5.01 Å². The molecule has 0 spiro atoms. The van der Waals surface area contributed by atoms with E-state index in [1.54, 1.807) is 0 Å². The average molecular weight is 349 g/mol. The van der Waals surface area contributed by atoms with Crippen LogP contribution in [0.25, 0.3) is 0 Å². The zero-order chi connectivity index (χ0) is 15.1. The van der Waals surface area contributed by atoms with Crippen molar-refractivity contribution in [3.63, 3.8) is 0 Å². The van der Waals surface area contributed by atoms with Gasteiger partial charge in [-0.25, -0.2) is 0 Å². The zero-order valence-corrected chi connectivity index (χ0v) is 15.7. The number of hydrogen-bond acceptors (Lipinski definition) is 1. The Kier molecular flexibility index (Phi) is 16.2. The topological polar surface area (TPSA) is 9.23 Å². The van der Waals surface area contributed by atoms with Crippen LogP contribution < -0.4 is 0 Å². The molecule has 0 N–H and O–H groups in total. The Bertz CT molecular complexity index is 182. The average Bonchev–Trinajstić information content (AvgIpc) is 2.39. The smallest absolute Gasteiger partial charge is 0.110 e. The monoisotopic (exact) mass is 348 g/mol. The van der Waals surface area contributed by atoms with E-state index in [0.717, 1.165) is 0 Å². The van der Waals surface area contributed by atoms with Crippen molar-refractivity contribution >= 4 is 15.9 Å². The second-order valence-electron chi connectivity index (χ2n) is 6.17. The molecule has 20 heavy (non-hydrogen) atoms. The summed E-state index contributed by atoms with van der Waals surface area (Å²) in [6.07, 6.45) is 18.6. The van der Waals surface area contributed by atoms with Crippen molar-refractivity contribution in [3.8, 4) is 0 Å². The number of alkyl halides is 1. The molecule has 0 saturated heterocycles. The van der Waals surface area contributed by atoms with E-state index in [0.29, 0.717) is 6.10 Å². The highest BCUT2D eigenvalue weighted by molar-refractivity contribution is 9.09. The van der Waals surface area contributed by atoms with Crippen molar-refractivity contribution in [2.45, 2.75) is 115 Å². The summed E-state index contributed by atoms with van der Waals surface area (Å²) in [5, 5.41) is 0.190. The number of rotatable bonds is 15. The van der Waals surface area contributed by atoms with Gasteiger partial charge >= 0.3 is 0 Å². The second kappa shape index (κ2) is 15.8. The van der Waals surface area contributed by atoms with Crippen LogP contribution in [-0.2, 0) is 4.74 Å². The van der Waals surface area contributed by atoms with Gasteiger partial charge in [0.05, 0.1) is 6.10 Å². The first-order valence-electron chi connectivity index (χ1n) is 8.96. The van der Waals surface area contributed by atoms with E-state index in [4.69, 9.17) is 4.74 Å². The van der Waals surface area contributed by atoms with Crippen molar-refractivity contribution in [2.24, 2.45) is 0 Å². The molecular formula is C18H37BrO. The van der Waals surface area contributed by atoms with Gasteiger partial charge in [-0.05, 0) is 20.3 Å². The molecule has 122 valence electrons. The van der Waals surface area contributed by atoms with E-state index in [2.05, 4.69) is 29.8 Å². The SMILES string of the molecule is CCCCCCCCCCCCCCC(C)OC(C)Br. The third-order valence-electron chi connectivity index (χ3n) is 3.88. The van der Waals surface area contributed by atoms with Gasteiger partial charge in [-0.3, -0.25) is 0 Å². The fraction of sp³-hybridized carbons (Fsp3) is 1.00. The van der Waals surface area contributed by atoms with Crippen LogP contribution in [0.1, 0.15) is 104 Å². The molecule has 2 unspecified atom stereocenters. The summed E-state index contributed by atoms with van der Waals surface area (Å²) in [6.45, 7) is 6.50. The molecule has 0 radical (unpaired) electrons. The van der Waals surface area contributed by atoms with Crippen LogP contribution in [0.2, 0.25) is 0 Å². The summed E-state index contributed by atoms with van der Waals surface area (Å²) in [6, 6.07) is 0. The fourth-order valence-corrected chi connectivity index (χ4v) is 3.03. The van der Waals surface area contributed by atoms with Crippen LogP contribution in [0, 0.1) is 0 Å². The predicted octanol–water partition coefficient (Wildman–Crippen LogP) is 7.22. The van der Waals surface area contributed by atoms with Gasteiger partial charge in [-0.1, -0.05) is 99.9 Å². The highest BCUT2D eigenvalue weighted by Crippen LogP contribution is 2.14. The molecule has 0 rings (SSSR count). The Morgan fingerprint density at radius 1 is 0.700 bits per heavy atom. The number of unbranched alkanes of at least 4 members (excludes halogenated alkanes) is 11. The summed E-state index contributed by atoms with van der Waals surface area (Å²) < 4.78 is 5.67. The summed E-state index contributed by atoms with van der Waals surface area (Å²) in [4.78, 5) is 0. The molecular weight excluding hydrogens is 312 g/mol. The minimum atomic E-state index is 0.190. The largest absolute Gasteiger partial charge is 0.364 e. The maximum Gasteiger partial charge on any atom is 0.110 e. The van der Waals surface area contributed by atoms with Crippen molar-refractivity contribution in [3.05, 3.63) is 0 Å². The number of hydrogen-bond donors (Lipinski definition) is 0. The lowest BCUT2D eigenvalue weighted by Crippen LogP contribution is -2.11. The molecule has 0 heterocycles. The van der Waals surface area contributed by atoms with Crippen molar-refractivity contribution in [1.29, 1.82) is 0 Å². The Balaban J connectivity index is 3.06. The molecule has 0 aromatic carbocycles. The van der Waals surface area contributed by atoms with Gasteiger partial charge in [-0.2, -0.15) is 0 Å². The minimum Gasteiger partial charge on any atom is -0.364 e. The van der Waals surface area contributed by atoms with Gasteiger partial charge < -0.3 is 4.74 Å². The first kappa shape index (κ1) is 20.4. The lowest BCUT2D eigenvalue weighted by atomic mass is 10.0. The van der Waals surface area contributed by atoms with Crippen LogP contribution in [0.3, 0.4) is 0 Å². The van der Waals surface area contributed by atoms with Crippen LogP contribution >= 0.6 is 15.9 Å². The van der Waals surface area contributed by atoms with E-state index in [-0.39, 0.29) is 5.01 Å². The highest BCUT2D eigenvalue weighted by atomic mass is 79.9. The molecule has 2 heteroatoms. The normalized spacial score (nSPS) is 14.4. The van der Waals surface area contributed by atoms with Gasteiger partial charge in [-0.15, -0.1) is 0 Å². The Morgan fingerprint density at radius 2 is 1.10 bits per heavy atom. The van der Waals surface area contributed by atoms with Crippen molar-refractivity contribution in [2.75, 3.05) is 0 Å². The Morgan fingerprint density at radius 3 is 1.50 bits per heavy atom. The van der Waals surface area contributed by atoms with Crippen LogP contribution in [0.15, 0.2) is 0 Å². The first-order chi connectivity index (χ1) is 9.66. The van der Waals surface area contributed by atoms with Crippen molar-refractivity contribution < 1.29 is 4.74 Å². The quantitative estimate of drug-likeness (QED) is 0.224. The van der Waals surface area contributed by atoms with Crippen LogP contribution in [-0.4, -0.2) is 11.1 Å². The number of halogens is 1. The van der Waals surface area contributed by atoms with E-state index < -0.39 is 0 Å². The first-order valence-corrected chi connectivity index (χ1v) is 9.88. The fourth-order valence-electron chi connectivity index (χ4n) is 2.66. The molecule has 0 aliphatic carbocycles. The molecule has 0 fully saturated rings. The molecule has 2 atom stereocenters. The summed E-state index contributed by atoms with van der Waals surface area (Å²) in [7, 11) is 0. The summed E-state index contributed by atoms with van der Waals surface area (Å²) in [5.41, 5.74) is 0. The molecule has 0 saturated carbocycles. The van der Waals surface area contributed by atoms with E-state index in [1.165, 1.54) is 83.5 Å². The van der Waals surface area contributed by atoms with Crippen molar-refractivity contribution in [1.82, 2.24) is 0 Å². The maximum absolute atomic E-state index is 5.67. The second-order valence-corrected chi connectivity index (χ2v) is 7.46. The van der Waals surface area contributed by atoms with E-state index in [9.17, 15) is 0 Å². The molecule has 0 bridgehead atoms. The third kappa shape index (κ3) is 16.5. The Hall–Kier alpha value is 0.440. The molecule has 0 aromatic rings. The van der Waals surface area contributed by atoms with Gasteiger partial charge in [0, 0.05) is 0 Å². The van der Waals surface area contributed by atoms with Crippen LogP contribution in [0.4, 0.5) is 0 Å². The molecule has 0 amide bonds. The molecule has 0 aromatic heterocycles. The standard InChI is InChI=1S/C18H37BrO/c1-4-5-6-7-8-9-10-11-12-13-14-15-16-17(2)20-18(3)19/h17-18H,4-16H2,1-3H3. The lowest BCUT2D eigenvalue weighted by molar-refractivity contribution is 0.0527. The maximum atomic E-state index is 5.67. The van der Waals surface area contributed by atoms with E-state index in [1.807, 2.05) is 6.92 Å². The highest BCUT2D eigenvalue weighted by Gasteiger charge is 2.04. The third-order valence-corrected chi connectivity index (χ3v) is 4.10. The van der Waals surface area contributed by atoms with Gasteiger partial charge in [0.25, 0.3) is 0 Å². The lowest BCUT2D eigenvalue weighted by Gasteiger charge is -2.14. The Labute approximate surface area is 136 Å². The molecule has 0 aliphatic heterocycles. The number of ether oxygens (including phenoxy) is 1. The minimum absolute atomic E-state index is 0.190. The van der Waals surface area contributed by atoms with E-state index >= 15 is 0 Å². The van der Waals surface area contributed by atoms with Crippen LogP contribution in [0.5, 0.6) is 0 Å². The summed E-state index contributed by atoms with van der Waals surface area (Å²) in [5.74, 6) is 0. The predicted molar refractivity (Wildman–Crippen MR) is 94.6 cm³/mol. The van der Waals surface area contributed by atoms with Gasteiger partial charge in [0.2, 0.25) is 0 Å². The zero-order valence-electron chi connectivity index (χ0n) is 14.1. The molecule has 0 aliphatic rings. The summed E-state index contributed by atoms with van der Waals surface area (Å²) >= 11 is 3.43.